The molecule has 5 nitrogen and oxygen atoms in total. The highest BCUT2D eigenvalue weighted by Gasteiger charge is 2.62. The number of nitrogens with zero attached hydrogens (tertiary/aromatic N) is 1. The van der Waals surface area contributed by atoms with Gasteiger partial charge >= 0.3 is 5.97 Å². The predicted molar refractivity (Wildman–Crippen MR) is 125 cm³/mol. The van der Waals surface area contributed by atoms with Gasteiger partial charge in [-0.25, -0.2) is 4.90 Å². The zero-order chi connectivity index (χ0) is 23.5. The van der Waals surface area contributed by atoms with Gasteiger partial charge in [-0.3, -0.25) is 14.4 Å². The van der Waals surface area contributed by atoms with Crippen LogP contribution in [0.5, 0.6) is 5.75 Å². The van der Waals surface area contributed by atoms with Crippen molar-refractivity contribution in [2.45, 2.75) is 39.5 Å². The number of esters is 1. The molecule has 1 fully saturated rings. The van der Waals surface area contributed by atoms with Crippen LogP contribution in [0.3, 0.4) is 0 Å². The molecule has 3 aromatic carbocycles. The van der Waals surface area contributed by atoms with E-state index < -0.39 is 17.3 Å². The Morgan fingerprint density at radius 2 is 1.52 bits per heavy atom. The zero-order valence-corrected chi connectivity index (χ0v) is 19.1. The number of amides is 2. The first kappa shape index (κ1) is 21.1. The maximum absolute atomic E-state index is 14.0. The molecule has 5 heteroatoms. The van der Waals surface area contributed by atoms with E-state index in [4.69, 9.17) is 4.74 Å². The number of anilines is 1. The molecule has 0 radical (unpaired) electrons. The van der Waals surface area contributed by atoms with Gasteiger partial charge in [0.05, 0.1) is 11.6 Å². The van der Waals surface area contributed by atoms with Crippen LogP contribution in [0.25, 0.3) is 0 Å². The van der Waals surface area contributed by atoms with Crippen molar-refractivity contribution in [2.24, 2.45) is 5.92 Å². The average Bonchev–Trinajstić information content (AvgIpc) is 3.21. The summed E-state index contributed by atoms with van der Waals surface area (Å²) in [5, 5.41) is 0. The number of fused-ring (bicyclic) bond motifs is 1. The molecule has 0 aliphatic carbocycles. The van der Waals surface area contributed by atoms with Gasteiger partial charge in [0.1, 0.15) is 11.2 Å². The van der Waals surface area contributed by atoms with Gasteiger partial charge in [-0.05, 0) is 50.5 Å². The lowest BCUT2D eigenvalue weighted by Gasteiger charge is -2.31. The molecule has 33 heavy (non-hydrogen) atoms. The summed E-state index contributed by atoms with van der Waals surface area (Å²) in [7, 11) is 0. The normalized spacial score (nSPS) is 22.0. The molecule has 2 amide bonds. The molecule has 2 heterocycles. The minimum Gasteiger partial charge on any atom is -0.425 e. The molecule has 0 N–H and O–H groups in total. The van der Waals surface area contributed by atoms with Crippen molar-refractivity contribution in [2.75, 3.05) is 4.90 Å². The molecule has 0 aromatic heterocycles. The van der Waals surface area contributed by atoms with Crippen LogP contribution in [0.1, 0.15) is 39.8 Å². The smallest absolute Gasteiger partial charge is 0.327 e. The molecule has 166 valence electrons. The Bertz CT molecular complexity index is 1300. The standard InChI is InChI=1S/C28H25NO4/c1-16-10-11-23-21(14-16)28(27(32)33-23,20-8-6-5-7-9-20)22-15-24(30)29(26(22)31)25-18(3)12-17(2)13-19(25)4/h5-14,22H,15H2,1-4H3/t22-,28+/m1/s1. The van der Waals surface area contributed by atoms with Crippen LogP contribution >= 0.6 is 0 Å². The van der Waals surface area contributed by atoms with E-state index in [9.17, 15) is 14.4 Å². The Balaban J connectivity index is 1.73. The second-order valence-electron chi connectivity index (χ2n) is 9.13. The van der Waals surface area contributed by atoms with E-state index in [1.807, 2.05) is 82.3 Å². The van der Waals surface area contributed by atoms with Crippen LogP contribution in [0.15, 0.2) is 60.7 Å². The Kier molecular flexibility index (Phi) is 4.74. The number of hydrogen-bond acceptors (Lipinski definition) is 4. The van der Waals surface area contributed by atoms with Crippen LogP contribution < -0.4 is 9.64 Å². The summed E-state index contributed by atoms with van der Waals surface area (Å²) in [6.07, 6.45) is -0.0665. The highest BCUT2D eigenvalue weighted by atomic mass is 16.5. The number of benzene rings is 3. The maximum Gasteiger partial charge on any atom is 0.327 e. The number of aryl methyl sites for hydroxylation is 4. The van der Waals surface area contributed by atoms with Gasteiger partial charge in [0, 0.05) is 12.0 Å². The van der Waals surface area contributed by atoms with Crippen molar-refractivity contribution >= 4 is 23.5 Å². The Labute approximate surface area is 193 Å². The topological polar surface area (TPSA) is 63.7 Å². The van der Waals surface area contributed by atoms with Crippen LogP contribution in [0, 0.1) is 33.6 Å². The first-order valence-corrected chi connectivity index (χ1v) is 11.1. The highest BCUT2D eigenvalue weighted by molar-refractivity contribution is 6.24. The summed E-state index contributed by atoms with van der Waals surface area (Å²) in [5.74, 6) is -1.65. The maximum atomic E-state index is 14.0. The van der Waals surface area contributed by atoms with Gasteiger partial charge in [0.15, 0.2) is 0 Å². The van der Waals surface area contributed by atoms with Gasteiger partial charge in [-0.1, -0.05) is 65.7 Å². The lowest BCUT2D eigenvalue weighted by molar-refractivity contribution is -0.141. The molecule has 0 unspecified atom stereocenters. The molecular weight excluding hydrogens is 414 g/mol. The van der Waals surface area contributed by atoms with E-state index in [1.165, 1.54) is 4.90 Å². The monoisotopic (exact) mass is 439 g/mol. The first-order valence-electron chi connectivity index (χ1n) is 11.1. The lowest BCUT2D eigenvalue weighted by atomic mass is 9.65. The second-order valence-corrected chi connectivity index (χ2v) is 9.13. The van der Waals surface area contributed by atoms with Crippen LogP contribution in [0.2, 0.25) is 0 Å². The van der Waals surface area contributed by atoms with Gasteiger partial charge in [0.2, 0.25) is 11.8 Å². The number of carbonyl (C=O) groups is 3. The van der Waals surface area contributed by atoms with Gasteiger partial charge in [-0.2, -0.15) is 0 Å². The summed E-state index contributed by atoms with van der Waals surface area (Å²) in [4.78, 5) is 42.3. The van der Waals surface area contributed by atoms with Crippen molar-refractivity contribution in [3.8, 4) is 5.75 Å². The quantitative estimate of drug-likeness (QED) is 0.337. The van der Waals surface area contributed by atoms with E-state index in [-0.39, 0.29) is 18.2 Å². The van der Waals surface area contributed by atoms with Crippen molar-refractivity contribution in [1.82, 2.24) is 0 Å². The third-order valence-electron chi connectivity index (χ3n) is 6.84. The molecule has 0 spiro atoms. The van der Waals surface area contributed by atoms with E-state index in [0.29, 0.717) is 22.6 Å². The fourth-order valence-electron chi connectivity index (χ4n) is 5.57. The number of carbonyl (C=O) groups excluding carboxylic acids is 3. The molecule has 1 saturated heterocycles. The number of ether oxygens (including phenoxy) is 1. The fraction of sp³-hybridized carbons (Fsp3) is 0.250. The zero-order valence-electron chi connectivity index (χ0n) is 19.1. The predicted octanol–water partition coefficient (Wildman–Crippen LogP) is 4.71. The average molecular weight is 440 g/mol. The van der Waals surface area contributed by atoms with Crippen molar-refractivity contribution < 1.29 is 19.1 Å². The third-order valence-corrected chi connectivity index (χ3v) is 6.84. The number of imide groups is 1. The third kappa shape index (κ3) is 2.95. The summed E-state index contributed by atoms with van der Waals surface area (Å²) in [6, 6.07) is 18.7. The molecular formula is C28H25NO4. The number of rotatable bonds is 3. The lowest BCUT2D eigenvalue weighted by Crippen LogP contribution is -2.46. The van der Waals surface area contributed by atoms with Crippen molar-refractivity contribution in [1.29, 1.82) is 0 Å². The fourth-order valence-corrected chi connectivity index (χ4v) is 5.57. The molecule has 0 saturated carbocycles. The summed E-state index contributed by atoms with van der Waals surface area (Å²) < 4.78 is 5.71. The van der Waals surface area contributed by atoms with Crippen LogP contribution in [0.4, 0.5) is 5.69 Å². The van der Waals surface area contributed by atoms with Gasteiger partial charge < -0.3 is 4.74 Å². The molecule has 2 aliphatic rings. The molecule has 2 aliphatic heterocycles. The van der Waals surface area contributed by atoms with Crippen molar-refractivity contribution in [3.63, 3.8) is 0 Å². The minimum absolute atomic E-state index is 0.0665. The summed E-state index contributed by atoms with van der Waals surface area (Å²) in [5.41, 5.74) is 4.25. The Hall–Kier alpha value is -3.73. The summed E-state index contributed by atoms with van der Waals surface area (Å²) in [6.45, 7) is 7.72. The molecule has 0 bridgehead atoms. The molecule has 3 aromatic rings. The SMILES string of the molecule is Cc1cc(C)c(N2C(=O)C[C@@H]([C@@]3(c4ccccc4)C(=O)Oc4ccc(C)cc43)C2=O)c(C)c1. The molecule has 5 rings (SSSR count). The van der Waals surface area contributed by atoms with E-state index >= 15 is 0 Å². The first-order chi connectivity index (χ1) is 15.7. The number of hydrogen-bond donors (Lipinski definition) is 0. The van der Waals surface area contributed by atoms with Crippen LogP contribution in [-0.2, 0) is 19.8 Å². The molecule has 2 atom stereocenters. The largest absolute Gasteiger partial charge is 0.425 e. The highest BCUT2D eigenvalue weighted by Crippen LogP contribution is 2.53. The van der Waals surface area contributed by atoms with E-state index in [2.05, 4.69) is 0 Å². The summed E-state index contributed by atoms with van der Waals surface area (Å²) >= 11 is 0. The second kappa shape index (κ2) is 7.41. The van der Waals surface area contributed by atoms with E-state index in [1.54, 1.807) is 6.07 Å². The van der Waals surface area contributed by atoms with E-state index in [0.717, 1.165) is 22.3 Å². The Morgan fingerprint density at radius 3 is 2.18 bits per heavy atom. The minimum atomic E-state index is -1.38. The van der Waals surface area contributed by atoms with Gasteiger partial charge in [0.25, 0.3) is 0 Å². The van der Waals surface area contributed by atoms with Crippen molar-refractivity contribution in [3.05, 3.63) is 94.0 Å². The Morgan fingerprint density at radius 1 is 0.848 bits per heavy atom. The van der Waals surface area contributed by atoms with Crippen LogP contribution in [-0.4, -0.2) is 17.8 Å². The van der Waals surface area contributed by atoms with Gasteiger partial charge in [-0.15, -0.1) is 0 Å².